The van der Waals surface area contributed by atoms with Gasteiger partial charge in [-0.1, -0.05) is 26.7 Å². The maximum absolute atomic E-state index is 11.7. The van der Waals surface area contributed by atoms with Gasteiger partial charge in [-0.25, -0.2) is 0 Å². The first-order valence-corrected chi connectivity index (χ1v) is 5.83. The molecule has 0 amide bonds. The van der Waals surface area contributed by atoms with E-state index < -0.39 is 0 Å². The molecule has 2 nitrogen and oxygen atoms in total. The van der Waals surface area contributed by atoms with Crippen LogP contribution >= 0.6 is 0 Å². The standard InChI is InChI=1S/C12H22O2/c1-4-14-12(13)11-8-6-5-7-10(11)9(2)3/h9-11H,4-8H2,1-3H3/t10-,11+/m0/s1. The van der Waals surface area contributed by atoms with Crippen LogP contribution in [-0.4, -0.2) is 12.6 Å². The van der Waals surface area contributed by atoms with E-state index >= 15 is 0 Å². The van der Waals surface area contributed by atoms with Gasteiger partial charge in [0.2, 0.25) is 0 Å². The first-order chi connectivity index (χ1) is 6.66. The molecule has 0 heterocycles. The molecule has 2 heteroatoms. The van der Waals surface area contributed by atoms with E-state index in [0.29, 0.717) is 18.4 Å². The molecule has 1 fully saturated rings. The molecule has 82 valence electrons. The molecule has 0 bridgehead atoms. The molecule has 1 rings (SSSR count). The van der Waals surface area contributed by atoms with Crippen molar-refractivity contribution >= 4 is 5.97 Å². The number of rotatable bonds is 3. The Morgan fingerprint density at radius 1 is 1.36 bits per heavy atom. The molecule has 14 heavy (non-hydrogen) atoms. The van der Waals surface area contributed by atoms with E-state index in [2.05, 4.69) is 13.8 Å². The van der Waals surface area contributed by atoms with Crippen molar-refractivity contribution in [1.82, 2.24) is 0 Å². The highest BCUT2D eigenvalue weighted by molar-refractivity contribution is 5.72. The lowest BCUT2D eigenvalue weighted by Crippen LogP contribution is -2.31. The summed E-state index contributed by atoms with van der Waals surface area (Å²) in [4.78, 5) is 11.7. The fraction of sp³-hybridized carbons (Fsp3) is 0.917. The third-order valence-corrected chi connectivity index (χ3v) is 3.27. The Morgan fingerprint density at radius 2 is 2.00 bits per heavy atom. The monoisotopic (exact) mass is 198 g/mol. The Morgan fingerprint density at radius 3 is 2.57 bits per heavy atom. The summed E-state index contributed by atoms with van der Waals surface area (Å²) in [5, 5.41) is 0. The van der Waals surface area contributed by atoms with Gasteiger partial charge in [0, 0.05) is 0 Å². The molecule has 1 aliphatic rings. The zero-order valence-corrected chi connectivity index (χ0v) is 9.58. The Balaban J connectivity index is 2.57. The highest BCUT2D eigenvalue weighted by atomic mass is 16.5. The van der Waals surface area contributed by atoms with Gasteiger partial charge in [-0.2, -0.15) is 0 Å². The maximum Gasteiger partial charge on any atom is 0.309 e. The van der Waals surface area contributed by atoms with Crippen LogP contribution in [0.5, 0.6) is 0 Å². The third kappa shape index (κ3) is 2.73. The Kier molecular flexibility index (Phi) is 4.43. The predicted octanol–water partition coefficient (Wildman–Crippen LogP) is 3.01. The van der Waals surface area contributed by atoms with E-state index in [9.17, 15) is 4.79 Å². The van der Waals surface area contributed by atoms with Gasteiger partial charge in [0.1, 0.15) is 0 Å². The SMILES string of the molecule is CCOC(=O)[C@@H]1CCCC[C@H]1C(C)C. The van der Waals surface area contributed by atoms with E-state index in [1.165, 1.54) is 19.3 Å². The van der Waals surface area contributed by atoms with Crippen LogP contribution in [0.25, 0.3) is 0 Å². The summed E-state index contributed by atoms with van der Waals surface area (Å²) < 4.78 is 5.12. The summed E-state index contributed by atoms with van der Waals surface area (Å²) in [6.45, 7) is 6.82. The van der Waals surface area contributed by atoms with E-state index in [1.807, 2.05) is 6.92 Å². The molecule has 1 aliphatic carbocycles. The van der Waals surface area contributed by atoms with Gasteiger partial charge in [0.15, 0.2) is 0 Å². The van der Waals surface area contributed by atoms with E-state index in [4.69, 9.17) is 4.74 Å². The van der Waals surface area contributed by atoms with E-state index in [1.54, 1.807) is 0 Å². The van der Waals surface area contributed by atoms with Gasteiger partial charge in [0.05, 0.1) is 12.5 Å². The summed E-state index contributed by atoms with van der Waals surface area (Å²) in [7, 11) is 0. The molecule has 0 aliphatic heterocycles. The van der Waals surface area contributed by atoms with Crippen LogP contribution in [0.4, 0.5) is 0 Å². The number of ether oxygens (including phenoxy) is 1. The second-order valence-electron chi connectivity index (χ2n) is 4.55. The molecule has 0 unspecified atom stereocenters. The highest BCUT2D eigenvalue weighted by Crippen LogP contribution is 2.35. The molecule has 0 aromatic rings. The predicted molar refractivity (Wildman–Crippen MR) is 56.9 cm³/mol. The summed E-state index contributed by atoms with van der Waals surface area (Å²) in [5.74, 6) is 1.35. The number of hydrogen-bond donors (Lipinski definition) is 0. The summed E-state index contributed by atoms with van der Waals surface area (Å²) >= 11 is 0. The van der Waals surface area contributed by atoms with E-state index in [-0.39, 0.29) is 11.9 Å². The van der Waals surface area contributed by atoms with Gasteiger partial charge in [-0.05, 0) is 31.6 Å². The van der Waals surface area contributed by atoms with Crippen LogP contribution in [0.1, 0.15) is 46.5 Å². The quantitative estimate of drug-likeness (QED) is 0.652. The minimum Gasteiger partial charge on any atom is -0.466 e. The van der Waals surface area contributed by atoms with Crippen molar-refractivity contribution < 1.29 is 9.53 Å². The van der Waals surface area contributed by atoms with Gasteiger partial charge >= 0.3 is 5.97 Å². The molecule has 0 saturated heterocycles. The lowest BCUT2D eigenvalue weighted by Gasteiger charge is -2.32. The van der Waals surface area contributed by atoms with Crippen molar-refractivity contribution in [2.45, 2.75) is 46.5 Å². The Hall–Kier alpha value is -0.530. The van der Waals surface area contributed by atoms with Gasteiger partial charge in [-0.3, -0.25) is 4.79 Å². The molecule has 0 aromatic carbocycles. The van der Waals surface area contributed by atoms with Crippen molar-refractivity contribution in [2.24, 2.45) is 17.8 Å². The van der Waals surface area contributed by atoms with Gasteiger partial charge < -0.3 is 4.74 Å². The smallest absolute Gasteiger partial charge is 0.309 e. The first kappa shape index (κ1) is 11.5. The molecule has 0 radical (unpaired) electrons. The second kappa shape index (κ2) is 5.38. The average molecular weight is 198 g/mol. The number of carbonyl (C=O) groups excluding carboxylic acids is 1. The summed E-state index contributed by atoms with van der Waals surface area (Å²) in [6.07, 6.45) is 4.69. The zero-order valence-electron chi connectivity index (χ0n) is 9.58. The second-order valence-corrected chi connectivity index (χ2v) is 4.55. The van der Waals surface area contributed by atoms with Crippen molar-refractivity contribution in [3.63, 3.8) is 0 Å². The largest absolute Gasteiger partial charge is 0.466 e. The topological polar surface area (TPSA) is 26.3 Å². The summed E-state index contributed by atoms with van der Waals surface area (Å²) in [6, 6.07) is 0. The van der Waals surface area contributed by atoms with Crippen molar-refractivity contribution in [3.8, 4) is 0 Å². The maximum atomic E-state index is 11.7. The van der Waals surface area contributed by atoms with Crippen molar-refractivity contribution in [3.05, 3.63) is 0 Å². The van der Waals surface area contributed by atoms with Crippen molar-refractivity contribution in [2.75, 3.05) is 6.61 Å². The fourth-order valence-electron chi connectivity index (χ4n) is 2.50. The molecule has 0 spiro atoms. The van der Waals surface area contributed by atoms with Crippen LogP contribution < -0.4 is 0 Å². The number of esters is 1. The summed E-state index contributed by atoms with van der Waals surface area (Å²) in [5.41, 5.74) is 0. The lowest BCUT2D eigenvalue weighted by molar-refractivity contribution is -0.152. The molecule has 1 saturated carbocycles. The minimum absolute atomic E-state index is 0.0332. The average Bonchev–Trinajstić information content (AvgIpc) is 2.18. The molecular formula is C12H22O2. The van der Waals surface area contributed by atoms with Crippen LogP contribution in [-0.2, 0) is 9.53 Å². The third-order valence-electron chi connectivity index (χ3n) is 3.27. The van der Waals surface area contributed by atoms with Gasteiger partial charge in [-0.15, -0.1) is 0 Å². The molecule has 0 N–H and O–H groups in total. The zero-order chi connectivity index (χ0) is 10.6. The van der Waals surface area contributed by atoms with E-state index in [0.717, 1.165) is 6.42 Å². The molecule has 0 aromatic heterocycles. The van der Waals surface area contributed by atoms with Crippen LogP contribution in [0, 0.1) is 17.8 Å². The van der Waals surface area contributed by atoms with Crippen LogP contribution in [0.15, 0.2) is 0 Å². The minimum atomic E-state index is 0.0332. The Labute approximate surface area is 87.0 Å². The molecular weight excluding hydrogens is 176 g/mol. The lowest BCUT2D eigenvalue weighted by atomic mass is 9.73. The van der Waals surface area contributed by atoms with Crippen LogP contribution in [0.2, 0.25) is 0 Å². The molecule has 2 atom stereocenters. The van der Waals surface area contributed by atoms with Crippen molar-refractivity contribution in [1.29, 1.82) is 0 Å². The number of hydrogen-bond acceptors (Lipinski definition) is 2. The normalized spacial score (nSPS) is 27.7. The number of carbonyl (C=O) groups is 1. The van der Waals surface area contributed by atoms with Crippen LogP contribution in [0.3, 0.4) is 0 Å². The highest BCUT2D eigenvalue weighted by Gasteiger charge is 2.33. The van der Waals surface area contributed by atoms with Gasteiger partial charge in [0.25, 0.3) is 0 Å². The fourth-order valence-corrected chi connectivity index (χ4v) is 2.50. The first-order valence-electron chi connectivity index (χ1n) is 5.83. The Bertz CT molecular complexity index is 187.